The number of nitrogens with zero attached hydrogens (tertiary/aromatic N) is 4. The zero-order chi connectivity index (χ0) is 12.3. The molecule has 0 fully saturated rings. The topological polar surface area (TPSA) is 95.9 Å². The molecule has 2 aromatic rings. The molecule has 2 N–H and O–H groups in total. The third-order valence-corrected chi connectivity index (χ3v) is 2.24. The van der Waals surface area contributed by atoms with Crippen LogP contribution in [0.3, 0.4) is 0 Å². The van der Waals surface area contributed by atoms with E-state index in [2.05, 4.69) is 19.8 Å². The van der Waals surface area contributed by atoms with Crippen molar-refractivity contribution in [1.29, 1.82) is 0 Å². The molecule has 2 heterocycles. The first-order valence-corrected chi connectivity index (χ1v) is 4.86. The molecule has 0 bridgehead atoms. The molecule has 1 atom stereocenters. The second-order valence-electron chi connectivity index (χ2n) is 3.29. The van der Waals surface area contributed by atoms with E-state index in [4.69, 9.17) is 5.73 Å². The normalized spacial score (nSPS) is 12.1. The average Bonchev–Trinajstić information content (AvgIpc) is 2.91. The number of hydrogen-bond acceptors (Lipinski definition) is 6. The number of ether oxygens (including phenoxy) is 1. The summed E-state index contributed by atoms with van der Waals surface area (Å²) in [5, 5.41) is 3.93. The molecule has 0 aromatic carbocycles. The van der Waals surface area contributed by atoms with Crippen LogP contribution in [-0.4, -0.2) is 32.8 Å². The van der Waals surface area contributed by atoms with E-state index >= 15 is 0 Å². The smallest absolute Gasteiger partial charge is 0.327 e. The average molecular weight is 233 g/mol. The Morgan fingerprint density at radius 3 is 2.88 bits per heavy atom. The van der Waals surface area contributed by atoms with Gasteiger partial charge in [-0.05, 0) is 11.6 Å². The van der Waals surface area contributed by atoms with Gasteiger partial charge in [-0.2, -0.15) is 5.10 Å². The van der Waals surface area contributed by atoms with E-state index in [-0.39, 0.29) is 0 Å². The van der Waals surface area contributed by atoms with E-state index < -0.39 is 12.0 Å². The summed E-state index contributed by atoms with van der Waals surface area (Å²) in [5.74, 6) is 0.101. The van der Waals surface area contributed by atoms with Crippen molar-refractivity contribution in [2.24, 2.45) is 5.73 Å². The quantitative estimate of drug-likeness (QED) is 0.740. The molecule has 0 saturated heterocycles. The predicted molar refractivity (Wildman–Crippen MR) is 58.1 cm³/mol. The molecule has 88 valence electrons. The maximum Gasteiger partial charge on any atom is 0.327 e. The molecule has 0 aliphatic rings. The monoisotopic (exact) mass is 233 g/mol. The van der Waals surface area contributed by atoms with Crippen LogP contribution < -0.4 is 5.73 Å². The van der Waals surface area contributed by atoms with E-state index in [1.54, 1.807) is 12.1 Å². The lowest BCUT2D eigenvalue weighted by Crippen LogP contribution is -2.22. The van der Waals surface area contributed by atoms with Crippen LogP contribution in [0.15, 0.2) is 31.0 Å². The molecule has 7 nitrogen and oxygen atoms in total. The highest BCUT2D eigenvalue weighted by molar-refractivity contribution is 5.77. The van der Waals surface area contributed by atoms with Gasteiger partial charge in [0.05, 0.1) is 7.11 Å². The fourth-order valence-electron chi connectivity index (χ4n) is 1.31. The van der Waals surface area contributed by atoms with Crippen molar-refractivity contribution < 1.29 is 9.53 Å². The van der Waals surface area contributed by atoms with E-state index in [1.165, 1.54) is 30.6 Å². The number of carbonyl (C=O) groups is 1. The minimum absolute atomic E-state index is 0.500. The fourth-order valence-corrected chi connectivity index (χ4v) is 1.31. The summed E-state index contributed by atoms with van der Waals surface area (Å²) in [6.07, 6.45) is 4.45. The number of hydrogen-bond donors (Lipinski definition) is 1. The number of methoxy groups -OCH3 is 1. The number of carbonyl (C=O) groups excluding carboxylic acids is 1. The number of rotatable bonds is 3. The van der Waals surface area contributed by atoms with Gasteiger partial charge in [0.15, 0.2) is 5.82 Å². The Morgan fingerprint density at radius 2 is 2.35 bits per heavy atom. The van der Waals surface area contributed by atoms with E-state index in [0.717, 1.165) is 0 Å². The molecule has 17 heavy (non-hydrogen) atoms. The largest absolute Gasteiger partial charge is 0.468 e. The van der Waals surface area contributed by atoms with Gasteiger partial charge in [0.2, 0.25) is 0 Å². The van der Waals surface area contributed by atoms with Crippen LogP contribution in [0.2, 0.25) is 0 Å². The minimum Gasteiger partial charge on any atom is -0.468 e. The van der Waals surface area contributed by atoms with E-state index in [0.29, 0.717) is 11.4 Å². The highest BCUT2D eigenvalue weighted by Crippen LogP contribution is 2.12. The molecule has 7 heteroatoms. The Bertz CT molecular complexity index is 494. The molecule has 0 amide bonds. The Morgan fingerprint density at radius 1 is 1.53 bits per heavy atom. The van der Waals surface area contributed by atoms with Crippen LogP contribution in [0.5, 0.6) is 0 Å². The van der Waals surface area contributed by atoms with Gasteiger partial charge >= 0.3 is 5.97 Å². The first-order chi connectivity index (χ1) is 8.22. The number of aromatic nitrogens is 4. The summed E-state index contributed by atoms with van der Waals surface area (Å²) in [6.45, 7) is 0. The van der Waals surface area contributed by atoms with Gasteiger partial charge in [-0.3, -0.25) is 4.79 Å². The van der Waals surface area contributed by atoms with Gasteiger partial charge in [0.1, 0.15) is 18.7 Å². The molecular formula is C10H11N5O2. The summed E-state index contributed by atoms with van der Waals surface area (Å²) in [7, 11) is 1.29. The van der Waals surface area contributed by atoms with Gasteiger partial charge in [-0.1, -0.05) is 6.07 Å². The lowest BCUT2D eigenvalue weighted by Gasteiger charge is -2.09. The first kappa shape index (κ1) is 11.2. The summed E-state index contributed by atoms with van der Waals surface area (Å²) in [4.78, 5) is 19.2. The Hall–Kier alpha value is -2.28. The van der Waals surface area contributed by atoms with Crippen molar-refractivity contribution in [2.75, 3.05) is 7.11 Å². The third kappa shape index (κ3) is 2.28. The molecular weight excluding hydrogens is 222 g/mol. The zero-order valence-corrected chi connectivity index (χ0v) is 9.15. The number of esters is 1. The molecule has 0 radical (unpaired) electrons. The van der Waals surface area contributed by atoms with Gasteiger partial charge < -0.3 is 10.5 Å². The zero-order valence-electron chi connectivity index (χ0n) is 9.15. The molecule has 0 aliphatic carbocycles. The second kappa shape index (κ2) is 4.71. The molecule has 0 aliphatic heterocycles. The van der Waals surface area contributed by atoms with Crippen molar-refractivity contribution in [1.82, 2.24) is 19.7 Å². The van der Waals surface area contributed by atoms with Crippen LogP contribution in [0.4, 0.5) is 0 Å². The standard InChI is InChI=1S/C10H11N5O2/c1-17-10(16)9(11)7-2-3-8(13-4-7)15-6-12-5-14-15/h2-6,9H,11H2,1H3. The summed E-state index contributed by atoms with van der Waals surface area (Å²) in [6, 6.07) is 2.58. The van der Waals surface area contributed by atoms with Gasteiger partial charge in [-0.25, -0.2) is 14.6 Å². The molecule has 0 saturated carbocycles. The van der Waals surface area contributed by atoms with Crippen LogP contribution in [0, 0.1) is 0 Å². The summed E-state index contributed by atoms with van der Waals surface area (Å²) in [5.41, 5.74) is 6.25. The van der Waals surface area contributed by atoms with Crippen molar-refractivity contribution in [2.45, 2.75) is 6.04 Å². The number of pyridine rings is 1. The van der Waals surface area contributed by atoms with Crippen molar-refractivity contribution in [3.05, 3.63) is 36.5 Å². The van der Waals surface area contributed by atoms with Crippen molar-refractivity contribution >= 4 is 5.97 Å². The Balaban J connectivity index is 2.21. The van der Waals surface area contributed by atoms with Gasteiger partial charge in [0, 0.05) is 6.20 Å². The SMILES string of the molecule is COC(=O)C(N)c1ccc(-n2cncn2)nc1. The van der Waals surface area contributed by atoms with Crippen LogP contribution in [0.1, 0.15) is 11.6 Å². The molecule has 2 rings (SSSR count). The van der Waals surface area contributed by atoms with Crippen LogP contribution in [0.25, 0.3) is 5.82 Å². The molecule has 1 unspecified atom stereocenters. The Kier molecular flexibility index (Phi) is 3.10. The maximum atomic E-state index is 11.2. The fraction of sp³-hybridized carbons (Fsp3) is 0.200. The third-order valence-electron chi connectivity index (χ3n) is 2.24. The predicted octanol–water partition coefficient (Wildman–Crippen LogP) is -0.165. The Labute approximate surface area is 97.2 Å². The van der Waals surface area contributed by atoms with Crippen LogP contribution >= 0.6 is 0 Å². The lowest BCUT2D eigenvalue weighted by atomic mass is 10.1. The van der Waals surface area contributed by atoms with Gasteiger partial charge in [0.25, 0.3) is 0 Å². The van der Waals surface area contributed by atoms with E-state index in [1.807, 2.05) is 0 Å². The number of nitrogens with two attached hydrogens (primary N) is 1. The summed E-state index contributed by atoms with van der Waals surface area (Å²) < 4.78 is 6.06. The van der Waals surface area contributed by atoms with Gasteiger partial charge in [-0.15, -0.1) is 0 Å². The van der Waals surface area contributed by atoms with E-state index in [9.17, 15) is 4.79 Å². The van der Waals surface area contributed by atoms with Crippen molar-refractivity contribution in [3.8, 4) is 5.82 Å². The maximum absolute atomic E-state index is 11.2. The van der Waals surface area contributed by atoms with Crippen molar-refractivity contribution in [3.63, 3.8) is 0 Å². The molecule has 0 spiro atoms. The summed E-state index contributed by atoms with van der Waals surface area (Å²) >= 11 is 0. The lowest BCUT2D eigenvalue weighted by molar-refractivity contribution is -0.142. The second-order valence-corrected chi connectivity index (χ2v) is 3.29. The first-order valence-electron chi connectivity index (χ1n) is 4.86. The molecule has 2 aromatic heterocycles. The van der Waals surface area contributed by atoms with Crippen LogP contribution in [-0.2, 0) is 9.53 Å². The minimum atomic E-state index is -0.822. The highest BCUT2D eigenvalue weighted by Gasteiger charge is 2.16. The highest BCUT2D eigenvalue weighted by atomic mass is 16.5.